The molecule has 1 aliphatic rings. The van der Waals surface area contributed by atoms with Crippen LogP contribution < -0.4 is 5.32 Å². The normalized spacial score (nSPS) is 16.9. The second-order valence-corrected chi connectivity index (χ2v) is 5.06. The van der Waals surface area contributed by atoms with Gasteiger partial charge in [-0.05, 0) is 40.9 Å². The molecule has 1 fully saturated rings. The molecule has 1 N–H and O–H groups in total. The van der Waals surface area contributed by atoms with Crippen LogP contribution in [0.5, 0.6) is 0 Å². The summed E-state index contributed by atoms with van der Waals surface area (Å²) in [5, 5.41) is 2.91. The highest BCUT2D eigenvalue weighted by atomic mass is 79.9. The minimum atomic E-state index is -0.170. The maximum atomic E-state index is 11.8. The third kappa shape index (κ3) is 3.36. The first-order chi connectivity index (χ1) is 8.15. The molecule has 0 atom stereocenters. The predicted molar refractivity (Wildman–Crippen MR) is 66.7 cm³/mol. The fraction of sp³-hybridized carbons (Fsp3) is 0.417. The average molecular weight is 297 g/mol. The number of nitrogens with one attached hydrogen (secondary N) is 1. The van der Waals surface area contributed by atoms with Gasteiger partial charge in [-0.2, -0.15) is 0 Å². The number of hydrogen-bond donors (Lipinski definition) is 1. The highest BCUT2D eigenvalue weighted by Gasteiger charge is 2.20. The van der Waals surface area contributed by atoms with Gasteiger partial charge in [0.15, 0.2) is 0 Å². The maximum Gasteiger partial charge on any atom is 0.270 e. The van der Waals surface area contributed by atoms with Crippen molar-refractivity contribution < 1.29 is 9.59 Å². The van der Waals surface area contributed by atoms with Crippen LogP contribution in [-0.4, -0.2) is 22.7 Å². The lowest BCUT2D eigenvalue weighted by molar-refractivity contribution is -0.120. The van der Waals surface area contributed by atoms with Crippen LogP contribution in [0.1, 0.15) is 36.2 Å². The van der Waals surface area contributed by atoms with Crippen LogP contribution in [0.15, 0.2) is 22.8 Å². The van der Waals surface area contributed by atoms with E-state index in [0.717, 1.165) is 17.3 Å². The van der Waals surface area contributed by atoms with Gasteiger partial charge < -0.3 is 5.32 Å². The molecule has 1 aromatic rings. The van der Waals surface area contributed by atoms with Crippen molar-refractivity contribution >= 4 is 27.6 Å². The molecular weight excluding hydrogens is 284 g/mol. The second-order valence-electron chi connectivity index (χ2n) is 4.15. The first kappa shape index (κ1) is 12.2. The van der Waals surface area contributed by atoms with Crippen LogP contribution in [-0.2, 0) is 4.79 Å². The van der Waals surface area contributed by atoms with E-state index in [4.69, 9.17) is 0 Å². The standard InChI is InChI=1S/C12H13BrN2O2/c13-8-1-6-11(14-7-8)12(17)15-9-2-4-10(16)5-3-9/h1,6-7,9H,2-5H2,(H,15,17). The van der Waals surface area contributed by atoms with E-state index in [9.17, 15) is 9.59 Å². The summed E-state index contributed by atoms with van der Waals surface area (Å²) in [5.41, 5.74) is 0.408. The molecule has 4 nitrogen and oxygen atoms in total. The molecule has 0 radical (unpaired) electrons. The molecular formula is C12H13BrN2O2. The Morgan fingerprint density at radius 1 is 1.35 bits per heavy atom. The van der Waals surface area contributed by atoms with Crippen molar-refractivity contribution in [3.63, 3.8) is 0 Å². The maximum absolute atomic E-state index is 11.8. The lowest BCUT2D eigenvalue weighted by atomic mass is 9.94. The van der Waals surface area contributed by atoms with Gasteiger partial charge in [0.1, 0.15) is 11.5 Å². The zero-order valence-corrected chi connectivity index (χ0v) is 10.9. The summed E-state index contributed by atoms with van der Waals surface area (Å²) in [4.78, 5) is 26.9. The van der Waals surface area contributed by atoms with E-state index in [1.54, 1.807) is 18.3 Å². The molecule has 2 rings (SSSR count). The Hall–Kier alpha value is -1.23. The van der Waals surface area contributed by atoms with Gasteiger partial charge in [0.25, 0.3) is 5.91 Å². The van der Waals surface area contributed by atoms with E-state index in [2.05, 4.69) is 26.2 Å². The summed E-state index contributed by atoms with van der Waals surface area (Å²) in [7, 11) is 0. The topological polar surface area (TPSA) is 59.1 Å². The summed E-state index contributed by atoms with van der Waals surface area (Å²) in [6.45, 7) is 0. The zero-order chi connectivity index (χ0) is 12.3. The van der Waals surface area contributed by atoms with Gasteiger partial charge in [-0.25, -0.2) is 4.98 Å². The van der Waals surface area contributed by atoms with Crippen molar-refractivity contribution in [1.29, 1.82) is 0 Å². The minimum absolute atomic E-state index is 0.102. The fourth-order valence-electron chi connectivity index (χ4n) is 1.85. The summed E-state index contributed by atoms with van der Waals surface area (Å²) >= 11 is 3.27. The molecule has 1 heterocycles. The molecule has 5 heteroatoms. The number of pyridine rings is 1. The Morgan fingerprint density at radius 2 is 2.06 bits per heavy atom. The third-order valence-corrected chi connectivity index (χ3v) is 3.31. The minimum Gasteiger partial charge on any atom is -0.348 e. The van der Waals surface area contributed by atoms with Gasteiger partial charge in [-0.3, -0.25) is 9.59 Å². The molecule has 1 aliphatic carbocycles. The van der Waals surface area contributed by atoms with Crippen LogP contribution in [0.3, 0.4) is 0 Å². The van der Waals surface area contributed by atoms with Crippen LogP contribution in [0.2, 0.25) is 0 Å². The van der Waals surface area contributed by atoms with Crippen LogP contribution >= 0.6 is 15.9 Å². The van der Waals surface area contributed by atoms with Crippen molar-refractivity contribution in [2.24, 2.45) is 0 Å². The Balaban J connectivity index is 1.93. The largest absolute Gasteiger partial charge is 0.348 e. The Bertz CT molecular complexity index is 421. The van der Waals surface area contributed by atoms with Gasteiger partial charge >= 0.3 is 0 Å². The van der Waals surface area contributed by atoms with E-state index in [1.807, 2.05) is 0 Å². The number of rotatable bonds is 2. The first-order valence-electron chi connectivity index (χ1n) is 5.59. The molecule has 0 spiro atoms. The van der Waals surface area contributed by atoms with E-state index < -0.39 is 0 Å². The molecule has 1 saturated carbocycles. The molecule has 0 bridgehead atoms. The van der Waals surface area contributed by atoms with Gasteiger partial charge in [-0.1, -0.05) is 0 Å². The van der Waals surface area contributed by atoms with Crippen molar-refractivity contribution in [1.82, 2.24) is 10.3 Å². The van der Waals surface area contributed by atoms with Gasteiger partial charge in [0.2, 0.25) is 0 Å². The number of hydrogen-bond acceptors (Lipinski definition) is 3. The van der Waals surface area contributed by atoms with E-state index in [1.165, 1.54) is 0 Å². The molecule has 1 amide bonds. The lowest BCUT2D eigenvalue weighted by Gasteiger charge is -2.21. The summed E-state index contributed by atoms with van der Waals surface area (Å²) in [5.74, 6) is 0.120. The molecule has 0 aliphatic heterocycles. The van der Waals surface area contributed by atoms with Crippen molar-refractivity contribution in [2.75, 3.05) is 0 Å². The predicted octanol–water partition coefficient (Wildman–Crippen LogP) is 2.09. The number of amides is 1. The van der Waals surface area contributed by atoms with E-state index in [-0.39, 0.29) is 17.7 Å². The number of nitrogens with zero attached hydrogens (tertiary/aromatic N) is 1. The zero-order valence-electron chi connectivity index (χ0n) is 9.28. The molecule has 0 saturated heterocycles. The fourth-order valence-corrected chi connectivity index (χ4v) is 2.09. The molecule has 0 aromatic carbocycles. The Labute approximate surface area is 108 Å². The first-order valence-corrected chi connectivity index (χ1v) is 6.38. The third-order valence-electron chi connectivity index (χ3n) is 2.84. The number of ketones is 1. The molecule has 1 aromatic heterocycles. The van der Waals surface area contributed by atoms with Crippen LogP contribution in [0.25, 0.3) is 0 Å². The summed E-state index contributed by atoms with van der Waals surface area (Å²) in [6.07, 6.45) is 4.21. The number of carbonyl (C=O) groups is 2. The average Bonchev–Trinajstić information content (AvgIpc) is 2.33. The van der Waals surface area contributed by atoms with E-state index in [0.29, 0.717) is 18.5 Å². The van der Waals surface area contributed by atoms with Crippen LogP contribution in [0.4, 0.5) is 0 Å². The van der Waals surface area contributed by atoms with Gasteiger partial charge in [0.05, 0.1) is 0 Å². The summed E-state index contributed by atoms with van der Waals surface area (Å²) < 4.78 is 0.845. The van der Waals surface area contributed by atoms with Crippen molar-refractivity contribution in [3.05, 3.63) is 28.5 Å². The highest BCUT2D eigenvalue weighted by molar-refractivity contribution is 9.10. The smallest absolute Gasteiger partial charge is 0.270 e. The highest BCUT2D eigenvalue weighted by Crippen LogP contribution is 2.15. The SMILES string of the molecule is O=C1CCC(NC(=O)c2ccc(Br)cn2)CC1. The monoisotopic (exact) mass is 296 g/mol. The molecule has 17 heavy (non-hydrogen) atoms. The van der Waals surface area contributed by atoms with Gasteiger partial charge in [0, 0.05) is 29.6 Å². The molecule has 0 unspecified atom stereocenters. The molecule has 90 valence electrons. The van der Waals surface area contributed by atoms with Crippen LogP contribution in [0, 0.1) is 0 Å². The number of Topliss-reactive ketones (excluding diaryl/α,β-unsaturated/α-hetero) is 1. The van der Waals surface area contributed by atoms with Gasteiger partial charge in [-0.15, -0.1) is 0 Å². The lowest BCUT2D eigenvalue weighted by Crippen LogP contribution is -2.38. The van der Waals surface area contributed by atoms with E-state index >= 15 is 0 Å². The quantitative estimate of drug-likeness (QED) is 0.909. The number of carbonyl (C=O) groups excluding carboxylic acids is 2. The van der Waals surface area contributed by atoms with Crippen molar-refractivity contribution in [3.8, 4) is 0 Å². The summed E-state index contributed by atoms with van der Waals surface area (Å²) in [6, 6.07) is 3.56. The Morgan fingerprint density at radius 3 is 2.65 bits per heavy atom. The van der Waals surface area contributed by atoms with Crippen molar-refractivity contribution in [2.45, 2.75) is 31.7 Å². The second kappa shape index (κ2) is 5.40. The Kier molecular flexibility index (Phi) is 3.89. The number of aromatic nitrogens is 1. The number of halogens is 1.